The van der Waals surface area contributed by atoms with Gasteiger partial charge in [-0.25, -0.2) is 4.57 Å². The first kappa shape index (κ1) is 26.4. The highest BCUT2D eigenvalue weighted by atomic mass is 35.5. The number of halogens is 1. The number of pyridine rings is 1. The summed E-state index contributed by atoms with van der Waals surface area (Å²) in [6.45, 7) is 5.80. The Hall–Kier alpha value is -0.560. The molecule has 0 saturated carbocycles. The molecule has 0 aliphatic heterocycles. The van der Waals surface area contributed by atoms with Gasteiger partial charge in [-0.05, 0) is 12.8 Å². The highest BCUT2D eigenvalue weighted by Gasteiger charge is 2.08. The lowest BCUT2D eigenvalue weighted by atomic mass is 10.1. The summed E-state index contributed by atoms with van der Waals surface area (Å²) in [5, 5.41) is 0. The average molecular weight is 396 g/mol. The Morgan fingerprint density at radius 3 is 1.63 bits per heavy atom. The SMILES string of the molecule is CCCCCCCCCCc1cccc[n+]1CCCCCCCCCC.[Cl-]. The fourth-order valence-corrected chi connectivity index (χ4v) is 3.81. The van der Waals surface area contributed by atoms with Gasteiger partial charge in [0.25, 0.3) is 0 Å². The zero-order valence-corrected chi connectivity index (χ0v) is 19.1. The van der Waals surface area contributed by atoms with Gasteiger partial charge in [0.1, 0.15) is 6.54 Å². The predicted octanol–water partition coefficient (Wildman–Crippen LogP) is 4.80. The van der Waals surface area contributed by atoms with Crippen LogP contribution < -0.4 is 17.0 Å². The summed E-state index contributed by atoms with van der Waals surface area (Å²) in [5.74, 6) is 0. The summed E-state index contributed by atoms with van der Waals surface area (Å²) < 4.78 is 2.51. The molecule has 0 atom stereocenters. The van der Waals surface area contributed by atoms with Gasteiger partial charge in [-0.1, -0.05) is 103 Å². The topological polar surface area (TPSA) is 3.88 Å². The van der Waals surface area contributed by atoms with E-state index in [-0.39, 0.29) is 12.4 Å². The van der Waals surface area contributed by atoms with Gasteiger partial charge >= 0.3 is 0 Å². The summed E-state index contributed by atoms with van der Waals surface area (Å²) in [6, 6.07) is 6.75. The van der Waals surface area contributed by atoms with Crippen molar-refractivity contribution in [1.29, 1.82) is 0 Å². The highest BCUT2D eigenvalue weighted by molar-refractivity contribution is 4.97. The third-order valence-electron chi connectivity index (χ3n) is 5.57. The minimum absolute atomic E-state index is 0. The normalized spacial score (nSPS) is 10.7. The Morgan fingerprint density at radius 1 is 0.593 bits per heavy atom. The second-order valence-electron chi connectivity index (χ2n) is 8.09. The molecule has 1 rings (SSSR count). The molecule has 0 amide bonds. The van der Waals surface area contributed by atoms with Crippen LogP contribution in [0.15, 0.2) is 24.4 Å². The summed E-state index contributed by atoms with van der Waals surface area (Å²) in [6.07, 6.45) is 26.1. The first-order valence-corrected chi connectivity index (χ1v) is 11.9. The zero-order chi connectivity index (χ0) is 18.7. The van der Waals surface area contributed by atoms with E-state index in [0.717, 1.165) is 0 Å². The molecule has 0 aliphatic rings. The van der Waals surface area contributed by atoms with Crippen LogP contribution in [0.2, 0.25) is 0 Å². The van der Waals surface area contributed by atoms with Crippen molar-refractivity contribution in [1.82, 2.24) is 0 Å². The average Bonchev–Trinajstić information content (AvgIpc) is 2.67. The molecule has 0 fully saturated rings. The number of rotatable bonds is 18. The molecular formula is C25H46ClN. The van der Waals surface area contributed by atoms with Gasteiger partial charge in [-0.3, -0.25) is 0 Å². The lowest BCUT2D eigenvalue weighted by Gasteiger charge is -2.05. The molecule has 1 heterocycles. The first-order valence-electron chi connectivity index (χ1n) is 11.9. The molecule has 0 aliphatic carbocycles. The van der Waals surface area contributed by atoms with Crippen LogP contribution in [-0.4, -0.2) is 0 Å². The van der Waals surface area contributed by atoms with E-state index in [2.05, 4.69) is 42.8 Å². The maximum absolute atomic E-state index is 2.51. The van der Waals surface area contributed by atoms with E-state index in [4.69, 9.17) is 0 Å². The van der Waals surface area contributed by atoms with E-state index in [1.54, 1.807) is 5.69 Å². The first-order chi connectivity index (χ1) is 12.9. The van der Waals surface area contributed by atoms with Crippen LogP contribution in [0.3, 0.4) is 0 Å². The largest absolute Gasteiger partial charge is 1.00 e. The second-order valence-corrected chi connectivity index (χ2v) is 8.09. The lowest BCUT2D eigenvalue weighted by Crippen LogP contribution is -3.00. The van der Waals surface area contributed by atoms with Gasteiger partial charge in [0, 0.05) is 25.0 Å². The predicted molar refractivity (Wildman–Crippen MR) is 116 cm³/mol. The van der Waals surface area contributed by atoms with Crippen molar-refractivity contribution in [3.63, 3.8) is 0 Å². The zero-order valence-electron chi connectivity index (χ0n) is 18.4. The summed E-state index contributed by atoms with van der Waals surface area (Å²) in [4.78, 5) is 0. The van der Waals surface area contributed by atoms with Crippen molar-refractivity contribution in [3.8, 4) is 0 Å². The maximum atomic E-state index is 2.51. The van der Waals surface area contributed by atoms with Gasteiger partial charge in [0.2, 0.25) is 0 Å². The van der Waals surface area contributed by atoms with Gasteiger partial charge in [0.15, 0.2) is 11.9 Å². The van der Waals surface area contributed by atoms with E-state index in [0.29, 0.717) is 0 Å². The van der Waals surface area contributed by atoms with Crippen LogP contribution in [0.1, 0.15) is 122 Å². The molecule has 27 heavy (non-hydrogen) atoms. The summed E-state index contributed by atoms with van der Waals surface area (Å²) >= 11 is 0. The molecule has 2 heteroatoms. The maximum Gasteiger partial charge on any atom is 0.181 e. The van der Waals surface area contributed by atoms with Gasteiger partial charge < -0.3 is 12.4 Å². The van der Waals surface area contributed by atoms with Crippen molar-refractivity contribution < 1.29 is 17.0 Å². The smallest absolute Gasteiger partial charge is 0.181 e. The Morgan fingerprint density at radius 2 is 1.07 bits per heavy atom. The Labute approximate surface area is 176 Å². The van der Waals surface area contributed by atoms with Crippen molar-refractivity contribution >= 4 is 0 Å². The molecule has 0 bridgehead atoms. The number of nitrogens with zero attached hydrogens (tertiary/aromatic N) is 1. The van der Waals surface area contributed by atoms with Crippen LogP contribution in [0.25, 0.3) is 0 Å². The third-order valence-corrected chi connectivity index (χ3v) is 5.57. The molecule has 0 N–H and O–H groups in total. The number of aryl methyl sites for hydroxylation is 2. The highest BCUT2D eigenvalue weighted by Crippen LogP contribution is 2.11. The molecule has 0 unspecified atom stereocenters. The molecule has 1 aromatic heterocycles. The minimum Gasteiger partial charge on any atom is -1.00 e. The van der Waals surface area contributed by atoms with E-state index in [1.165, 1.54) is 116 Å². The molecule has 1 aromatic rings. The lowest BCUT2D eigenvalue weighted by molar-refractivity contribution is -0.704. The number of hydrogen-bond donors (Lipinski definition) is 0. The molecule has 0 aromatic carbocycles. The van der Waals surface area contributed by atoms with Crippen LogP contribution in [0.5, 0.6) is 0 Å². The quantitative estimate of drug-likeness (QED) is 0.248. The summed E-state index contributed by atoms with van der Waals surface area (Å²) in [7, 11) is 0. The van der Waals surface area contributed by atoms with E-state index in [9.17, 15) is 0 Å². The number of unbranched alkanes of at least 4 members (excludes halogenated alkanes) is 14. The van der Waals surface area contributed by atoms with Crippen LogP contribution in [0.4, 0.5) is 0 Å². The Balaban J connectivity index is 0.00000676. The van der Waals surface area contributed by atoms with Crippen molar-refractivity contribution in [2.45, 2.75) is 130 Å². The molecule has 0 spiro atoms. The summed E-state index contributed by atoms with van der Waals surface area (Å²) in [5.41, 5.74) is 1.54. The third kappa shape index (κ3) is 15.1. The van der Waals surface area contributed by atoms with Crippen LogP contribution in [0, 0.1) is 0 Å². The van der Waals surface area contributed by atoms with E-state index >= 15 is 0 Å². The van der Waals surface area contributed by atoms with Crippen molar-refractivity contribution in [3.05, 3.63) is 30.1 Å². The van der Waals surface area contributed by atoms with Crippen LogP contribution >= 0.6 is 0 Å². The monoisotopic (exact) mass is 395 g/mol. The molecule has 1 nitrogen and oxygen atoms in total. The van der Waals surface area contributed by atoms with E-state index in [1.807, 2.05) is 0 Å². The number of hydrogen-bond acceptors (Lipinski definition) is 0. The van der Waals surface area contributed by atoms with Gasteiger partial charge in [0.05, 0.1) is 0 Å². The fourth-order valence-electron chi connectivity index (χ4n) is 3.81. The standard InChI is InChI=1S/C25H46N.ClH/c1-3-5-7-9-11-13-15-17-21-25-22-18-20-24-26(25)23-19-16-14-12-10-8-6-4-2;/h18,20,22,24H,3-17,19,21,23H2,1-2H3;1H/q+1;/p-1. The number of aromatic nitrogens is 1. The molecular weight excluding hydrogens is 350 g/mol. The Kier molecular flexibility index (Phi) is 19.8. The molecule has 158 valence electrons. The van der Waals surface area contributed by atoms with Crippen LogP contribution in [-0.2, 0) is 13.0 Å². The minimum atomic E-state index is 0. The van der Waals surface area contributed by atoms with Gasteiger partial charge in [-0.15, -0.1) is 0 Å². The molecule has 0 radical (unpaired) electrons. The van der Waals surface area contributed by atoms with Gasteiger partial charge in [-0.2, -0.15) is 0 Å². The van der Waals surface area contributed by atoms with Crippen molar-refractivity contribution in [2.24, 2.45) is 0 Å². The molecule has 0 saturated heterocycles. The Bertz CT molecular complexity index is 380. The fraction of sp³-hybridized carbons (Fsp3) is 0.800. The van der Waals surface area contributed by atoms with Crippen molar-refractivity contribution in [2.75, 3.05) is 0 Å². The van der Waals surface area contributed by atoms with E-state index < -0.39 is 0 Å². The second kappa shape index (κ2) is 20.2.